The monoisotopic (exact) mass is 438 g/mol. The molecule has 0 spiro atoms. The van der Waals surface area contributed by atoms with Gasteiger partial charge in [-0.2, -0.15) is 5.10 Å². The molecule has 0 atom stereocenters. The van der Waals surface area contributed by atoms with Crippen molar-refractivity contribution >= 4 is 11.6 Å². The summed E-state index contributed by atoms with van der Waals surface area (Å²) < 4.78 is 13.8. The summed E-state index contributed by atoms with van der Waals surface area (Å²) in [5.74, 6) is 0.823. The normalized spacial score (nSPS) is 14.3. The highest BCUT2D eigenvalue weighted by Gasteiger charge is 2.24. The van der Waals surface area contributed by atoms with Gasteiger partial charge in [-0.05, 0) is 63.4 Å². The smallest absolute Gasteiger partial charge is 0.120 e. The summed E-state index contributed by atoms with van der Waals surface area (Å²) in [5, 5.41) is 15.1. The van der Waals surface area contributed by atoms with E-state index in [1.165, 1.54) is 6.42 Å². The summed E-state index contributed by atoms with van der Waals surface area (Å²) in [6.45, 7) is 7.34. The van der Waals surface area contributed by atoms with Gasteiger partial charge in [-0.25, -0.2) is 4.68 Å². The number of rotatable bonds is 8. The summed E-state index contributed by atoms with van der Waals surface area (Å²) in [4.78, 5) is 0. The highest BCUT2D eigenvalue weighted by Crippen LogP contribution is 2.32. The number of halogens is 1. The lowest BCUT2D eigenvalue weighted by Gasteiger charge is -2.26. The zero-order valence-electron chi connectivity index (χ0n) is 17.8. The lowest BCUT2D eigenvalue weighted by molar-refractivity contribution is -0.0289. The molecule has 1 aliphatic carbocycles. The van der Waals surface area contributed by atoms with Crippen molar-refractivity contribution in [3.05, 3.63) is 77.7 Å². The SMILES string of the molecule is C=C(O)C(C)(C)OCc1cc(-c2cccc(OC3CCC3)c2)n(-c2ccccc2Cl)n1. The van der Waals surface area contributed by atoms with Crippen LogP contribution in [0.1, 0.15) is 38.8 Å². The Balaban J connectivity index is 1.70. The first-order valence-electron chi connectivity index (χ1n) is 10.5. The largest absolute Gasteiger partial charge is 0.510 e. The molecule has 1 N–H and O–H groups in total. The van der Waals surface area contributed by atoms with Crippen LogP contribution < -0.4 is 4.74 Å². The van der Waals surface area contributed by atoms with Gasteiger partial charge in [0.15, 0.2) is 0 Å². The number of para-hydroxylation sites is 1. The van der Waals surface area contributed by atoms with Crippen molar-refractivity contribution in [3.8, 4) is 22.7 Å². The number of aliphatic hydroxyl groups is 1. The van der Waals surface area contributed by atoms with Crippen LogP contribution in [0.3, 0.4) is 0 Å². The minimum Gasteiger partial charge on any atom is -0.510 e. The van der Waals surface area contributed by atoms with Gasteiger partial charge in [-0.1, -0.05) is 42.4 Å². The minimum atomic E-state index is -0.870. The van der Waals surface area contributed by atoms with E-state index < -0.39 is 5.60 Å². The minimum absolute atomic E-state index is 0.0286. The molecule has 3 aromatic rings. The van der Waals surface area contributed by atoms with Crippen LogP contribution >= 0.6 is 11.6 Å². The fraction of sp³-hybridized carbons (Fsp3) is 0.320. The maximum atomic E-state index is 9.76. The Labute approximate surface area is 187 Å². The van der Waals surface area contributed by atoms with Crippen molar-refractivity contribution in [2.24, 2.45) is 0 Å². The summed E-state index contributed by atoms with van der Waals surface area (Å²) in [6.07, 6.45) is 3.75. The number of hydrogen-bond donors (Lipinski definition) is 1. The standard InChI is InChI=1S/C25H27ClN2O3/c1-17(29)25(2,3)30-16-19-15-24(28(27-19)23-13-5-4-12-22(23)26)18-8-6-11-21(14-18)31-20-9-7-10-20/h4-6,8,11-15,20,29H,1,7,9-10,16H2,2-3H3. The Hall–Kier alpha value is -2.76. The Kier molecular flexibility index (Phi) is 6.08. The Bertz CT molecular complexity index is 1090. The van der Waals surface area contributed by atoms with Crippen LogP contribution in [0.15, 0.2) is 66.9 Å². The maximum absolute atomic E-state index is 9.76. The molecule has 0 radical (unpaired) electrons. The molecule has 0 unspecified atom stereocenters. The van der Waals surface area contributed by atoms with Crippen LogP contribution in [0.5, 0.6) is 5.75 Å². The first-order valence-corrected chi connectivity index (χ1v) is 10.8. The van der Waals surface area contributed by atoms with Crippen LogP contribution in [-0.4, -0.2) is 26.6 Å². The molecule has 5 nitrogen and oxygen atoms in total. The molecule has 0 aliphatic heterocycles. The summed E-state index contributed by atoms with van der Waals surface area (Å²) >= 11 is 6.48. The van der Waals surface area contributed by atoms with E-state index >= 15 is 0 Å². The molecule has 1 aromatic heterocycles. The third kappa shape index (κ3) is 4.78. The van der Waals surface area contributed by atoms with Crippen LogP contribution in [0.2, 0.25) is 5.02 Å². The topological polar surface area (TPSA) is 56.5 Å². The molecule has 1 aliphatic rings. The van der Waals surface area contributed by atoms with Crippen LogP contribution in [0.25, 0.3) is 16.9 Å². The van der Waals surface area contributed by atoms with Gasteiger partial charge in [0.2, 0.25) is 0 Å². The quantitative estimate of drug-likeness (QED) is 0.408. The van der Waals surface area contributed by atoms with Gasteiger partial charge < -0.3 is 14.6 Å². The van der Waals surface area contributed by atoms with E-state index in [1.54, 1.807) is 13.8 Å². The molecule has 31 heavy (non-hydrogen) atoms. The second-order valence-electron chi connectivity index (χ2n) is 8.33. The van der Waals surface area contributed by atoms with Gasteiger partial charge in [0.1, 0.15) is 17.1 Å². The van der Waals surface area contributed by atoms with Crippen molar-refractivity contribution in [1.82, 2.24) is 9.78 Å². The molecule has 2 aromatic carbocycles. The van der Waals surface area contributed by atoms with Crippen molar-refractivity contribution in [1.29, 1.82) is 0 Å². The third-order valence-corrected chi connectivity index (χ3v) is 5.92. The average molecular weight is 439 g/mol. The lowest BCUT2D eigenvalue weighted by Crippen LogP contribution is -2.26. The van der Waals surface area contributed by atoms with Crippen molar-refractivity contribution < 1.29 is 14.6 Å². The second kappa shape index (κ2) is 8.77. The van der Waals surface area contributed by atoms with E-state index in [0.717, 1.165) is 41.2 Å². The molecular weight excluding hydrogens is 412 g/mol. The molecule has 1 heterocycles. The number of ether oxygens (including phenoxy) is 2. The summed E-state index contributed by atoms with van der Waals surface area (Å²) in [5.41, 5.74) is 2.48. The van der Waals surface area contributed by atoms with Gasteiger partial charge in [0.25, 0.3) is 0 Å². The molecule has 1 fully saturated rings. The van der Waals surface area contributed by atoms with E-state index in [0.29, 0.717) is 11.1 Å². The van der Waals surface area contributed by atoms with Crippen molar-refractivity contribution in [2.45, 2.75) is 51.4 Å². The van der Waals surface area contributed by atoms with Crippen LogP contribution in [0.4, 0.5) is 0 Å². The highest BCUT2D eigenvalue weighted by molar-refractivity contribution is 6.32. The lowest BCUT2D eigenvalue weighted by atomic mass is 9.96. The number of aliphatic hydroxyl groups excluding tert-OH is 1. The zero-order chi connectivity index (χ0) is 22.0. The van der Waals surface area contributed by atoms with E-state index in [9.17, 15) is 5.11 Å². The molecule has 0 bridgehead atoms. The third-order valence-electron chi connectivity index (χ3n) is 5.60. The van der Waals surface area contributed by atoms with Crippen molar-refractivity contribution in [3.63, 3.8) is 0 Å². The fourth-order valence-corrected chi connectivity index (χ4v) is 3.48. The molecular formula is C25H27ClN2O3. The second-order valence-corrected chi connectivity index (χ2v) is 8.74. The van der Waals surface area contributed by atoms with E-state index in [2.05, 4.69) is 6.58 Å². The van der Waals surface area contributed by atoms with Gasteiger partial charge in [0.05, 0.1) is 34.8 Å². The average Bonchev–Trinajstić information content (AvgIpc) is 3.14. The van der Waals surface area contributed by atoms with Crippen LogP contribution in [0, 0.1) is 0 Å². The van der Waals surface area contributed by atoms with E-state index in [1.807, 2.05) is 59.3 Å². The predicted molar refractivity (Wildman–Crippen MR) is 123 cm³/mol. The number of aromatic nitrogens is 2. The molecule has 0 saturated heterocycles. The molecule has 162 valence electrons. The number of nitrogens with zero attached hydrogens (tertiary/aromatic N) is 2. The Morgan fingerprint density at radius 2 is 1.97 bits per heavy atom. The van der Waals surface area contributed by atoms with E-state index in [4.69, 9.17) is 26.2 Å². The maximum Gasteiger partial charge on any atom is 0.120 e. The zero-order valence-corrected chi connectivity index (χ0v) is 18.6. The Morgan fingerprint density at radius 1 is 1.19 bits per heavy atom. The van der Waals surface area contributed by atoms with Gasteiger partial charge in [-0.15, -0.1) is 0 Å². The molecule has 0 amide bonds. The molecule has 4 rings (SSSR count). The highest BCUT2D eigenvalue weighted by atomic mass is 35.5. The first kappa shape index (κ1) is 21.5. The molecule has 6 heteroatoms. The van der Waals surface area contributed by atoms with Gasteiger partial charge >= 0.3 is 0 Å². The fourth-order valence-electron chi connectivity index (χ4n) is 3.26. The van der Waals surface area contributed by atoms with Crippen molar-refractivity contribution in [2.75, 3.05) is 0 Å². The Morgan fingerprint density at radius 3 is 2.65 bits per heavy atom. The van der Waals surface area contributed by atoms with Gasteiger partial charge in [0, 0.05) is 5.56 Å². The first-order chi connectivity index (χ1) is 14.8. The summed E-state index contributed by atoms with van der Waals surface area (Å²) in [7, 11) is 0. The predicted octanol–water partition coefficient (Wildman–Crippen LogP) is 6.49. The van der Waals surface area contributed by atoms with E-state index in [-0.39, 0.29) is 12.4 Å². The van der Waals surface area contributed by atoms with Gasteiger partial charge in [-0.3, -0.25) is 0 Å². The summed E-state index contributed by atoms with van der Waals surface area (Å²) in [6, 6.07) is 17.6. The number of benzene rings is 2. The number of hydrogen-bond acceptors (Lipinski definition) is 4. The molecule has 1 saturated carbocycles. The van der Waals surface area contributed by atoms with Crippen LogP contribution in [-0.2, 0) is 11.3 Å².